The molecular formula is C21H23NO3. The molecule has 2 N–H and O–H groups in total. The minimum absolute atomic E-state index is 0.124. The number of benzene rings is 2. The van der Waals surface area contributed by atoms with Crippen LogP contribution in [0.25, 0.3) is 0 Å². The summed E-state index contributed by atoms with van der Waals surface area (Å²) in [5, 5.41) is 12.1. The summed E-state index contributed by atoms with van der Waals surface area (Å²) in [7, 11) is 0. The van der Waals surface area contributed by atoms with E-state index in [1.807, 2.05) is 37.3 Å². The van der Waals surface area contributed by atoms with Gasteiger partial charge in [0.05, 0.1) is 18.9 Å². The molecule has 4 nitrogen and oxygen atoms in total. The highest BCUT2D eigenvalue weighted by atomic mass is 16.4. The van der Waals surface area contributed by atoms with Gasteiger partial charge in [-0.1, -0.05) is 42.5 Å². The Morgan fingerprint density at radius 2 is 1.88 bits per heavy atom. The van der Waals surface area contributed by atoms with Crippen molar-refractivity contribution in [1.29, 1.82) is 0 Å². The standard InChI is InChI=1S/C21H23NO3/c1-14-5-2-3-8-18(14)19(13-21(24)25)22-20(23)12-15-9-10-16-6-4-7-17(16)11-15/h2-3,5,8-11,19H,4,6-7,12-13H2,1H3,(H,22,23)(H,24,25). The number of carboxylic acids is 1. The van der Waals surface area contributed by atoms with Crippen LogP contribution in [0.2, 0.25) is 0 Å². The molecule has 4 heteroatoms. The largest absolute Gasteiger partial charge is 0.481 e. The molecule has 1 atom stereocenters. The van der Waals surface area contributed by atoms with Gasteiger partial charge in [-0.05, 0) is 54.0 Å². The Bertz CT molecular complexity index is 797. The Hall–Kier alpha value is -2.62. The maximum Gasteiger partial charge on any atom is 0.305 e. The van der Waals surface area contributed by atoms with E-state index in [2.05, 4.69) is 17.4 Å². The van der Waals surface area contributed by atoms with E-state index in [1.54, 1.807) is 0 Å². The van der Waals surface area contributed by atoms with Crippen LogP contribution in [0.4, 0.5) is 0 Å². The number of carboxylic acid groups (broad SMARTS) is 1. The van der Waals surface area contributed by atoms with E-state index in [-0.39, 0.29) is 18.7 Å². The fourth-order valence-corrected chi connectivity index (χ4v) is 3.56. The fraction of sp³-hybridized carbons (Fsp3) is 0.333. The first-order valence-electron chi connectivity index (χ1n) is 8.70. The van der Waals surface area contributed by atoms with Gasteiger partial charge >= 0.3 is 5.97 Å². The molecule has 130 valence electrons. The second-order valence-corrected chi connectivity index (χ2v) is 6.71. The van der Waals surface area contributed by atoms with Crippen LogP contribution >= 0.6 is 0 Å². The summed E-state index contributed by atoms with van der Waals surface area (Å²) in [6, 6.07) is 13.3. The number of carbonyl (C=O) groups is 2. The molecule has 3 rings (SSSR count). The summed E-state index contributed by atoms with van der Waals surface area (Å²) >= 11 is 0. The smallest absolute Gasteiger partial charge is 0.305 e. The van der Waals surface area contributed by atoms with Crippen LogP contribution in [-0.4, -0.2) is 17.0 Å². The third-order valence-electron chi connectivity index (χ3n) is 4.81. The maximum absolute atomic E-state index is 12.5. The van der Waals surface area contributed by atoms with E-state index >= 15 is 0 Å². The molecule has 25 heavy (non-hydrogen) atoms. The number of hydrogen-bond donors (Lipinski definition) is 2. The lowest BCUT2D eigenvalue weighted by atomic mass is 9.98. The molecule has 0 aromatic heterocycles. The molecule has 0 radical (unpaired) electrons. The molecule has 1 aliphatic carbocycles. The summed E-state index contributed by atoms with van der Waals surface area (Å²) in [4.78, 5) is 23.7. The molecule has 0 saturated heterocycles. The lowest BCUT2D eigenvalue weighted by Gasteiger charge is -2.19. The quantitative estimate of drug-likeness (QED) is 0.849. The number of hydrogen-bond acceptors (Lipinski definition) is 2. The minimum atomic E-state index is -0.925. The number of fused-ring (bicyclic) bond motifs is 1. The Morgan fingerprint density at radius 1 is 1.12 bits per heavy atom. The third kappa shape index (κ3) is 4.27. The summed E-state index contributed by atoms with van der Waals surface area (Å²) in [6.45, 7) is 1.93. The van der Waals surface area contributed by atoms with Crippen molar-refractivity contribution in [1.82, 2.24) is 5.32 Å². The van der Waals surface area contributed by atoms with Crippen LogP contribution in [0, 0.1) is 6.92 Å². The molecule has 0 bridgehead atoms. The van der Waals surface area contributed by atoms with Crippen molar-refractivity contribution in [3.63, 3.8) is 0 Å². The van der Waals surface area contributed by atoms with E-state index in [0.717, 1.165) is 29.5 Å². The Kier molecular flexibility index (Phi) is 5.17. The highest BCUT2D eigenvalue weighted by molar-refractivity contribution is 5.80. The van der Waals surface area contributed by atoms with Gasteiger partial charge in [0.2, 0.25) is 5.91 Å². The first-order valence-corrected chi connectivity index (χ1v) is 8.70. The fourth-order valence-electron chi connectivity index (χ4n) is 3.56. The van der Waals surface area contributed by atoms with Crippen LogP contribution in [0.15, 0.2) is 42.5 Å². The number of carbonyl (C=O) groups excluding carboxylic acids is 1. The highest BCUT2D eigenvalue weighted by Gasteiger charge is 2.20. The Balaban J connectivity index is 1.72. The number of amides is 1. The zero-order chi connectivity index (χ0) is 17.8. The summed E-state index contributed by atoms with van der Waals surface area (Å²) in [6.07, 6.45) is 3.53. The second-order valence-electron chi connectivity index (χ2n) is 6.71. The van der Waals surface area contributed by atoms with Crippen molar-refractivity contribution >= 4 is 11.9 Å². The van der Waals surface area contributed by atoms with Crippen molar-refractivity contribution in [3.05, 3.63) is 70.3 Å². The first kappa shape index (κ1) is 17.2. The van der Waals surface area contributed by atoms with E-state index < -0.39 is 12.0 Å². The predicted octanol–water partition coefficient (Wildman–Crippen LogP) is 3.36. The normalized spacial score (nSPS) is 14.0. The minimum Gasteiger partial charge on any atom is -0.481 e. The number of rotatable bonds is 6. The zero-order valence-corrected chi connectivity index (χ0v) is 14.4. The van der Waals surface area contributed by atoms with Gasteiger partial charge in [-0.15, -0.1) is 0 Å². The van der Waals surface area contributed by atoms with Crippen LogP contribution in [0.3, 0.4) is 0 Å². The van der Waals surface area contributed by atoms with Crippen LogP contribution in [0.5, 0.6) is 0 Å². The predicted molar refractivity (Wildman–Crippen MR) is 96.5 cm³/mol. The molecule has 0 fully saturated rings. The second kappa shape index (κ2) is 7.51. The zero-order valence-electron chi connectivity index (χ0n) is 14.4. The van der Waals surface area contributed by atoms with Gasteiger partial charge in [0.25, 0.3) is 0 Å². The van der Waals surface area contributed by atoms with Crippen molar-refractivity contribution in [2.24, 2.45) is 0 Å². The summed E-state index contributed by atoms with van der Waals surface area (Å²) in [5.41, 5.74) is 5.54. The van der Waals surface area contributed by atoms with Crippen LogP contribution < -0.4 is 5.32 Å². The van der Waals surface area contributed by atoms with Crippen LogP contribution in [-0.2, 0) is 28.9 Å². The highest BCUT2D eigenvalue weighted by Crippen LogP contribution is 2.24. The third-order valence-corrected chi connectivity index (χ3v) is 4.81. The van der Waals surface area contributed by atoms with Crippen molar-refractivity contribution in [2.75, 3.05) is 0 Å². The topological polar surface area (TPSA) is 66.4 Å². The monoisotopic (exact) mass is 337 g/mol. The molecule has 2 aromatic rings. The molecule has 1 amide bonds. The van der Waals surface area contributed by atoms with Gasteiger partial charge in [-0.25, -0.2) is 0 Å². The van der Waals surface area contributed by atoms with Gasteiger partial charge in [-0.2, -0.15) is 0 Å². The average Bonchev–Trinajstić information content (AvgIpc) is 3.02. The molecule has 0 spiro atoms. The Morgan fingerprint density at radius 3 is 2.64 bits per heavy atom. The van der Waals surface area contributed by atoms with E-state index in [1.165, 1.54) is 17.5 Å². The molecular weight excluding hydrogens is 314 g/mol. The summed E-state index contributed by atoms with van der Waals surface area (Å²) in [5.74, 6) is -1.07. The molecule has 0 heterocycles. The van der Waals surface area contributed by atoms with E-state index in [4.69, 9.17) is 0 Å². The molecule has 2 aromatic carbocycles. The molecule has 0 saturated carbocycles. The van der Waals surface area contributed by atoms with Gasteiger partial charge < -0.3 is 10.4 Å². The average molecular weight is 337 g/mol. The summed E-state index contributed by atoms with van der Waals surface area (Å²) < 4.78 is 0. The number of aliphatic carboxylic acids is 1. The van der Waals surface area contributed by atoms with Crippen molar-refractivity contribution < 1.29 is 14.7 Å². The Labute approximate surface area is 147 Å². The first-order chi connectivity index (χ1) is 12.0. The lowest BCUT2D eigenvalue weighted by Crippen LogP contribution is -2.31. The van der Waals surface area contributed by atoms with Gasteiger partial charge in [-0.3, -0.25) is 9.59 Å². The number of nitrogens with one attached hydrogen (secondary N) is 1. The van der Waals surface area contributed by atoms with Gasteiger partial charge in [0.15, 0.2) is 0 Å². The van der Waals surface area contributed by atoms with Crippen molar-refractivity contribution in [3.8, 4) is 0 Å². The van der Waals surface area contributed by atoms with Crippen LogP contribution in [0.1, 0.15) is 46.7 Å². The SMILES string of the molecule is Cc1ccccc1C(CC(=O)O)NC(=O)Cc1ccc2c(c1)CCC2. The van der Waals surface area contributed by atoms with Gasteiger partial charge in [0, 0.05) is 0 Å². The maximum atomic E-state index is 12.5. The van der Waals surface area contributed by atoms with Crippen molar-refractivity contribution in [2.45, 2.75) is 45.1 Å². The van der Waals surface area contributed by atoms with E-state index in [9.17, 15) is 14.7 Å². The molecule has 1 unspecified atom stereocenters. The molecule has 0 aliphatic heterocycles. The number of aryl methyl sites for hydroxylation is 3. The van der Waals surface area contributed by atoms with Gasteiger partial charge in [0.1, 0.15) is 0 Å². The molecule has 1 aliphatic rings. The van der Waals surface area contributed by atoms with E-state index in [0.29, 0.717) is 0 Å². The lowest BCUT2D eigenvalue weighted by molar-refractivity contribution is -0.137.